The molecule has 2 heterocycles. The van der Waals surface area contributed by atoms with Gasteiger partial charge in [0.2, 0.25) is 5.91 Å². The van der Waals surface area contributed by atoms with E-state index in [0.29, 0.717) is 6.54 Å². The Kier molecular flexibility index (Phi) is 4.58. The van der Waals surface area contributed by atoms with Crippen molar-refractivity contribution in [3.63, 3.8) is 0 Å². The van der Waals surface area contributed by atoms with Gasteiger partial charge in [-0.15, -0.1) is 0 Å². The molecular formula is C14H21NO4. The SMILES string of the molecule is CCCCCCNC(=O)[C@@H]1[C@@H](C(=O)O)[C@H]2C=C[C@H]1O2. The highest BCUT2D eigenvalue weighted by Crippen LogP contribution is 2.39. The Bertz CT molecular complexity index is 380. The number of carbonyl (C=O) groups is 2. The zero-order valence-electron chi connectivity index (χ0n) is 11.2. The molecule has 5 heteroatoms. The minimum Gasteiger partial charge on any atom is -0.481 e. The zero-order chi connectivity index (χ0) is 13.8. The Morgan fingerprint density at radius 2 is 1.84 bits per heavy atom. The molecule has 1 amide bonds. The minimum absolute atomic E-state index is 0.194. The standard InChI is InChI=1S/C14H21NO4/c1-2-3-4-5-8-15-13(16)11-9-6-7-10(19-9)12(11)14(17)18/h6-7,9-12H,2-5,8H2,1H3,(H,15,16)(H,17,18)/t9-,10-,11+,12+/m1/s1. The largest absolute Gasteiger partial charge is 0.481 e. The molecule has 19 heavy (non-hydrogen) atoms. The summed E-state index contributed by atoms with van der Waals surface area (Å²) < 4.78 is 5.47. The smallest absolute Gasteiger partial charge is 0.310 e. The van der Waals surface area contributed by atoms with Gasteiger partial charge in [0.15, 0.2) is 0 Å². The van der Waals surface area contributed by atoms with Crippen LogP contribution in [0.3, 0.4) is 0 Å². The van der Waals surface area contributed by atoms with Crippen molar-refractivity contribution in [2.24, 2.45) is 11.8 Å². The molecule has 0 aromatic rings. The van der Waals surface area contributed by atoms with Crippen LogP contribution >= 0.6 is 0 Å². The Labute approximate surface area is 113 Å². The highest BCUT2D eigenvalue weighted by molar-refractivity contribution is 5.87. The van der Waals surface area contributed by atoms with Crippen LogP contribution in [-0.4, -0.2) is 35.7 Å². The highest BCUT2D eigenvalue weighted by atomic mass is 16.5. The average molecular weight is 267 g/mol. The summed E-state index contributed by atoms with van der Waals surface area (Å²) >= 11 is 0. The summed E-state index contributed by atoms with van der Waals surface area (Å²) in [5.41, 5.74) is 0. The third-order valence-electron chi connectivity index (χ3n) is 3.82. The molecule has 4 atom stereocenters. The first-order chi connectivity index (χ1) is 9.15. The molecule has 0 unspecified atom stereocenters. The van der Waals surface area contributed by atoms with E-state index in [1.54, 1.807) is 12.2 Å². The fourth-order valence-electron chi connectivity index (χ4n) is 2.80. The molecule has 106 valence electrons. The lowest BCUT2D eigenvalue weighted by atomic mass is 9.82. The molecular weight excluding hydrogens is 246 g/mol. The Balaban J connectivity index is 1.84. The predicted molar refractivity (Wildman–Crippen MR) is 69.6 cm³/mol. The van der Waals surface area contributed by atoms with Crippen LogP contribution in [0.25, 0.3) is 0 Å². The van der Waals surface area contributed by atoms with Gasteiger partial charge in [-0.1, -0.05) is 38.3 Å². The van der Waals surface area contributed by atoms with Gasteiger partial charge in [-0.3, -0.25) is 9.59 Å². The van der Waals surface area contributed by atoms with Crippen molar-refractivity contribution in [3.05, 3.63) is 12.2 Å². The van der Waals surface area contributed by atoms with Crippen LogP contribution in [0.5, 0.6) is 0 Å². The fourth-order valence-corrected chi connectivity index (χ4v) is 2.80. The van der Waals surface area contributed by atoms with Crippen molar-refractivity contribution in [2.75, 3.05) is 6.54 Å². The topological polar surface area (TPSA) is 75.6 Å². The molecule has 0 spiro atoms. The van der Waals surface area contributed by atoms with Crippen LogP contribution in [0.15, 0.2) is 12.2 Å². The van der Waals surface area contributed by atoms with Crippen molar-refractivity contribution in [1.29, 1.82) is 0 Å². The van der Waals surface area contributed by atoms with Gasteiger partial charge in [0.1, 0.15) is 5.92 Å². The fraction of sp³-hybridized carbons (Fsp3) is 0.714. The maximum atomic E-state index is 12.1. The Morgan fingerprint density at radius 3 is 2.47 bits per heavy atom. The first-order valence-corrected chi connectivity index (χ1v) is 6.99. The molecule has 1 fully saturated rings. The minimum atomic E-state index is -0.956. The number of rotatable bonds is 7. The van der Waals surface area contributed by atoms with Crippen LogP contribution in [0, 0.1) is 11.8 Å². The molecule has 2 N–H and O–H groups in total. The molecule has 0 saturated carbocycles. The number of ether oxygens (including phenoxy) is 1. The van der Waals surface area contributed by atoms with Gasteiger partial charge in [-0.25, -0.2) is 0 Å². The summed E-state index contributed by atoms with van der Waals surface area (Å²) in [6.45, 7) is 2.75. The highest BCUT2D eigenvalue weighted by Gasteiger charge is 2.52. The van der Waals surface area contributed by atoms with Crippen molar-refractivity contribution in [3.8, 4) is 0 Å². The molecule has 0 radical (unpaired) electrons. The number of nitrogens with one attached hydrogen (secondary N) is 1. The quantitative estimate of drug-likeness (QED) is 0.539. The summed E-state index contributed by atoms with van der Waals surface area (Å²) in [5, 5.41) is 12.0. The maximum Gasteiger partial charge on any atom is 0.310 e. The van der Waals surface area contributed by atoms with Crippen molar-refractivity contribution >= 4 is 11.9 Å². The third kappa shape index (κ3) is 2.97. The number of unbranched alkanes of at least 4 members (excludes halogenated alkanes) is 3. The second-order valence-electron chi connectivity index (χ2n) is 5.19. The van der Waals surface area contributed by atoms with E-state index in [0.717, 1.165) is 25.7 Å². The first-order valence-electron chi connectivity index (χ1n) is 6.99. The summed E-state index contributed by atoms with van der Waals surface area (Å²) in [5.74, 6) is -2.48. The number of hydrogen-bond acceptors (Lipinski definition) is 3. The van der Waals surface area contributed by atoms with Gasteiger partial charge in [-0.2, -0.15) is 0 Å². The maximum absolute atomic E-state index is 12.1. The van der Waals surface area contributed by atoms with E-state index in [9.17, 15) is 14.7 Å². The van der Waals surface area contributed by atoms with Crippen LogP contribution in [0.2, 0.25) is 0 Å². The zero-order valence-corrected chi connectivity index (χ0v) is 11.2. The van der Waals surface area contributed by atoms with Crippen LogP contribution < -0.4 is 5.32 Å². The monoisotopic (exact) mass is 267 g/mol. The molecule has 5 nitrogen and oxygen atoms in total. The van der Waals surface area contributed by atoms with Gasteiger partial charge in [0.05, 0.1) is 18.1 Å². The molecule has 1 saturated heterocycles. The van der Waals surface area contributed by atoms with E-state index in [1.165, 1.54) is 0 Å². The average Bonchev–Trinajstić information content (AvgIpc) is 2.98. The lowest BCUT2D eigenvalue weighted by molar-refractivity contribution is -0.146. The number of carbonyl (C=O) groups excluding carboxylic acids is 1. The lowest BCUT2D eigenvalue weighted by Crippen LogP contribution is -2.42. The number of amides is 1. The van der Waals surface area contributed by atoms with E-state index in [2.05, 4.69) is 12.2 Å². The Morgan fingerprint density at radius 1 is 1.16 bits per heavy atom. The molecule has 2 bridgehead atoms. The van der Waals surface area contributed by atoms with Gasteiger partial charge in [0, 0.05) is 6.54 Å². The van der Waals surface area contributed by atoms with Crippen LogP contribution in [0.1, 0.15) is 32.6 Å². The number of carboxylic acid groups (broad SMARTS) is 1. The lowest BCUT2D eigenvalue weighted by Gasteiger charge is -2.20. The molecule has 0 aromatic carbocycles. The molecule has 2 aliphatic rings. The summed E-state index contributed by atoms with van der Waals surface area (Å²) in [4.78, 5) is 23.3. The van der Waals surface area contributed by atoms with Crippen molar-refractivity contribution in [1.82, 2.24) is 5.32 Å². The molecule has 2 rings (SSSR count). The second-order valence-corrected chi connectivity index (χ2v) is 5.19. The number of carboxylic acids is 1. The van der Waals surface area contributed by atoms with Gasteiger partial charge < -0.3 is 15.2 Å². The van der Waals surface area contributed by atoms with E-state index in [4.69, 9.17) is 4.74 Å². The predicted octanol–water partition coefficient (Wildman–Crippen LogP) is 1.34. The van der Waals surface area contributed by atoms with Crippen LogP contribution in [0.4, 0.5) is 0 Å². The summed E-state index contributed by atoms with van der Waals surface area (Å²) in [6, 6.07) is 0. The third-order valence-corrected chi connectivity index (χ3v) is 3.82. The first kappa shape index (κ1) is 14.1. The molecule has 0 aliphatic carbocycles. The summed E-state index contributed by atoms with van der Waals surface area (Å²) in [6.07, 6.45) is 7.06. The Hall–Kier alpha value is -1.36. The second kappa shape index (κ2) is 6.19. The number of fused-ring (bicyclic) bond motifs is 2. The summed E-state index contributed by atoms with van der Waals surface area (Å²) in [7, 11) is 0. The van der Waals surface area contributed by atoms with Gasteiger partial charge in [0.25, 0.3) is 0 Å². The van der Waals surface area contributed by atoms with E-state index >= 15 is 0 Å². The molecule has 2 aliphatic heterocycles. The van der Waals surface area contributed by atoms with Gasteiger partial charge >= 0.3 is 5.97 Å². The number of hydrogen-bond donors (Lipinski definition) is 2. The van der Waals surface area contributed by atoms with Crippen molar-refractivity contribution < 1.29 is 19.4 Å². The normalized spacial score (nSPS) is 31.6. The van der Waals surface area contributed by atoms with Crippen LogP contribution in [-0.2, 0) is 14.3 Å². The van der Waals surface area contributed by atoms with Crippen molar-refractivity contribution in [2.45, 2.75) is 44.8 Å². The van der Waals surface area contributed by atoms with E-state index in [-0.39, 0.29) is 12.0 Å². The van der Waals surface area contributed by atoms with E-state index in [1.807, 2.05) is 0 Å². The van der Waals surface area contributed by atoms with Gasteiger partial charge in [-0.05, 0) is 6.42 Å². The number of aliphatic carboxylic acids is 1. The molecule has 0 aromatic heterocycles. The van der Waals surface area contributed by atoms with E-state index < -0.39 is 23.9 Å².